The molecule has 0 aliphatic carbocycles. The lowest BCUT2D eigenvalue weighted by atomic mass is 10.2. The van der Waals surface area contributed by atoms with Gasteiger partial charge in [0.25, 0.3) is 5.91 Å². The number of thiocarbonyl (C=S) groups is 1. The number of methoxy groups -OCH3 is 1. The van der Waals surface area contributed by atoms with Crippen molar-refractivity contribution in [1.82, 2.24) is 4.90 Å². The van der Waals surface area contributed by atoms with Crippen LogP contribution in [0.2, 0.25) is 0 Å². The third-order valence-corrected chi connectivity index (χ3v) is 6.21. The first-order valence-electron chi connectivity index (χ1n) is 7.80. The van der Waals surface area contributed by atoms with Gasteiger partial charge in [0.2, 0.25) is 10.0 Å². The van der Waals surface area contributed by atoms with E-state index in [2.05, 4.69) is 0 Å². The molecule has 1 saturated heterocycles. The highest BCUT2D eigenvalue weighted by atomic mass is 32.2. The summed E-state index contributed by atoms with van der Waals surface area (Å²) < 4.78 is 28.4. The molecule has 140 valence electrons. The Morgan fingerprint density at radius 1 is 1.19 bits per heavy atom. The fourth-order valence-corrected chi connectivity index (χ4v) is 4.32. The second-order valence-corrected chi connectivity index (χ2v) is 8.93. The Hall–Kier alpha value is -2.20. The van der Waals surface area contributed by atoms with E-state index in [1.807, 2.05) is 24.3 Å². The topological polar surface area (TPSA) is 89.7 Å². The minimum Gasteiger partial charge on any atom is -0.496 e. The number of hydrogen-bond donors (Lipinski definition) is 1. The van der Waals surface area contributed by atoms with E-state index in [0.717, 1.165) is 5.56 Å². The smallest absolute Gasteiger partial charge is 0.266 e. The largest absolute Gasteiger partial charge is 0.496 e. The van der Waals surface area contributed by atoms with Gasteiger partial charge < -0.3 is 4.74 Å². The molecule has 2 aromatic rings. The molecule has 6 nitrogen and oxygen atoms in total. The molecule has 0 saturated carbocycles. The van der Waals surface area contributed by atoms with Crippen molar-refractivity contribution in [3.63, 3.8) is 0 Å². The maximum atomic E-state index is 12.7. The van der Waals surface area contributed by atoms with Crippen molar-refractivity contribution in [3.05, 3.63) is 64.6 Å². The zero-order chi connectivity index (χ0) is 19.6. The monoisotopic (exact) mass is 420 g/mol. The van der Waals surface area contributed by atoms with Crippen LogP contribution in [0.5, 0.6) is 5.75 Å². The Kier molecular flexibility index (Phi) is 5.66. The first-order valence-corrected chi connectivity index (χ1v) is 10.6. The van der Waals surface area contributed by atoms with Gasteiger partial charge in [-0.15, -0.1) is 0 Å². The maximum absolute atomic E-state index is 12.7. The number of benzene rings is 2. The molecule has 2 aromatic carbocycles. The summed E-state index contributed by atoms with van der Waals surface area (Å²) in [6.45, 7) is 0.316. The van der Waals surface area contributed by atoms with E-state index in [4.69, 9.17) is 22.1 Å². The highest BCUT2D eigenvalue weighted by molar-refractivity contribution is 8.26. The number of hydrogen-bond acceptors (Lipinski definition) is 6. The third-order valence-electron chi connectivity index (χ3n) is 3.90. The van der Waals surface area contributed by atoms with Crippen molar-refractivity contribution in [2.45, 2.75) is 11.4 Å². The van der Waals surface area contributed by atoms with Gasteiger partial charge in [-0.25, -0.2) is 13.6 Å². The summed E-state index contributed by atoms with van der Waals surface area (Å²) in [5, 5.41) is 5.09. The normalized spacial score (nSPS) is 16.2. The molecule has 0 atom stereocenters. The average Bonchev–Trinajstić information content (AvgIpc) is 2.89. The van der Waals surface area contributed by atoms with Crippen LogP contribution in [0.1, 0.15) is 11.1 Å². The van der Waals surface area contributed by atoms with E-state index in [1.165, 1.54) is 28.8 Å². The molecule has 0 radical (unpaired) electrons. The number of rotatable bonds is 5. The molecule has 3 rings (SSSR count). The van der Waals surface area contributed by atoms with Crippen molar-refractivity contribution < 1.29 is 17.9 Å². The van der Waals surface area contributed by atoms with E-state index in [1.54, 1.807) is 25.3 Å². The predicted octanol–water partition coefficient (Wildman–Crippen LogP) is 2.74. The molecular formula is C18H16N2O4S3. The number of primary sulfonamides is 1. The molecule has 1 aliphatic rings. The molecule has 0 aromatic heterocycles. The van der Waals surface area contributed by atoms with Gasteiger partial charge in [0.15, 0.2) is 0 Å². The van der Waals surface area contributed by atoms with Crippen LogP contribution in [-0.2, 0) is 21.4 Å². The second kappa shape index (κ2) is 7.81. The van der Waals surface area contributed by atoms with E-state index in [0.29, 0.717) is 27.1 Å². The number of carbonyl (C=O) groups excluding carboxylic acids is 1. The Labute approximate surface area is 167 Å². The van der Waals surface area contributed by atoms with E-state index in [-0.39, 0.29) is 10.8 Å². The van der Waals surface area contributed by atoms with Crippen LogP contribution in [-0.4, -0.2) is 30.7 Å². The summed E-state index contributed by atoms with van der Waals surface area (Å²) in [5.41, 5.74) is 1.54. The fraction of sp³-hybridized carbons (Fsp3) is 0.111. The molecule has 1 amide bonds. The summed E-state index contributed by atoms with van der Waals surface area (Å²) in [6.07, 6.45) is 1.68. The van der Waals surface area contributed by atoms with E-state index < -0.39 is 10.0 Å². The van der Waals surface area contributed by atoms with E-state index >= 15 is 0 Å². The van der Waals surface area contributed by atoms with Crippen LogP contribution in [0.25, 0.3) is 6.08 Å². The molecule has 9 heteroatoms. The minimum absolute atomic E-state index is 0.0170. The highest BCUT2D eigenvalue weighted by Gasteiger charge is 2.32. The molecule has 2 N–H and O–H groups in total. The number of amides is 1. The second-order valence-electron chi connectivity index (χ2n) is 5.69. The Bertz CT molecular complexity index is 1030. The van der Waals surface area contributed by atoms with Crippen LogP contribution >= 0.6 is 24.0 Å². The van der Waals surface area contributed by atoms with E-state index in [9.17, 15) is 13.2 Å². The zero-order valence-corrected chi connectivity index (χ0v) is 16.7. The van der Waals surface area contributed by atoms with Gasteiger partial charge in [-0.05, 0) is 29.8 Å². The van der Waals surface area contributed by atoms with Crippen molar-refractivity contribution in [1.29, 1.82) is 0 Å². The standard InChI is InChI=1S/C18H16N2O4S3/c1-24-15-5-3-2-4-13(15)11-20-17(21)16(26-18(20)25)10-12-6-8-14(9-7-12)27(19,22)23/h2-10H,11H2,1H3,(H2,19,22,23)/b16-10-. The van der Waals surface area contributed by atoms with Crippen LogP contribution < -0.4 is 9.88 Å². The number of sulfonamides is 1. The van der Waals surface area contributed by atoms with Gasteiger partial charge >= 0.3 is 0 Å². The highest BCUT2D eigenvalue weighted by Crippen LogP contribution is 2.34. The molecule has 27 heavy (non-hydrogen) atoms. The van der Waals surface area contributed by atoms with Gasteiger partial charge in [-0.2, -0.15) is 0 Å². The van der Waals surface area contributed by atoms with Crippen LogP contribution in [0.4, 0.5) is 0 Å². The van der Waals surface area contributed by atoms with Gasteiger partial charge in [-0.3, -0.25) is 9.69 Å². The average molecular weight is 421 g/mol. The molecule has 0 spiro atoms. The summed E-state index contributed by atoms with van der Waals surface area (Å²) in [4.78, 5) is 14.7. The van der Waals surface area contributed by atoms with Crippen molar-refractivity contribution in [3.8, 4) is 5.75 Å². The Balaban J connectivity index is 1.82. The molecule has 0 unspecified atom stereocenters. The molecule has 0 bridgehead atoms. The van der Waals surface area contributed by atoms with Crippen LogP contribution in [0.15, 0.2) is 58.3 Å². The quantitative estimate of drug-likeness (QED) is 0.591. The lowest BCUT2D eigenvalue weighted by molar-refractivity contribution is -0.122. The number of ether oxygens (including phenoxy) is 1. The third kappa shape index (κ3) is 4.38. The molecule has 1 aliphatic heterocycles. The summed E-state index contributed by atoms with van der Waals surface area (Å²) in [6, 6.07) is 13.4. The van der Waals surface area contributed by atoms with Gasteiger partial charge in [0.05, 0.1) is 23.5 Å². The zero-order valence-electron chi connectivity index (χ0n) is 14.3. The Morgan fingerprint density at radius 2 is 1.85 bits per heavy atom. The maximum Gasteiger partial charge on any atom is 0.266 e. The van der Waals surface area contributed by atoms with Crippen LogP contribution in [0, 0.1) is 0 Å². The molecule has 1 fully saturated rings. The molecule has 1 heterocycles. The van der Waals surface area contributed by atoms with Crippen molar-refractivity contribution in [2.75, 3.05) is 7.11 Å². The lowest BCUT2D eigenvalue weighted by Crippen LogP contribution is -2.27. The fourth-order valence-electron chi connectivity index (χ4n) is 2.55. The Morgan fingerprint density at radius 3 is 2.48 bits per heavy atom. The SMILES string of the molecule is COc1ccccc1CN1C(=O)/C(=C/c2ccc(S(N)(=O)=O)cc2)SC1=S. The number of carbonyl (C=O) groups is 1. The van der Waals surface area contributed by atoms with Crippen LogP contribution in [0.3, 0.4) is 0 Å². The summed E-state index contributed by atoms with van der Waals surface area (Å²) in [5.74, 6) is 0.487. The number of nitrogens with two attached hydrogens (primary N) is 1. The first kappa shape index (κ1) is 19.6. The number of thioether (sulfide) groups is 1. The van der Waals surface area contributed by atoms with Gasteiger partial charge in [0, 0.05) is 5.56 Å². The van der Waals surface area contributed by atoms with Crippen molar-refractivity contribution >= 4 is 50.3 Å². The molecular weight excluding hydrogens is 404 g/mol. The number of para-hydroxylation sites is 1. The predicted molar refractivity (Wildman–Crippen MR) is 110 cm³/mol. The summed E-state index contributed by atoms with van der Waals surface area (Å²) >= 11 is 6.55. The minimum atomic E-state index is -3.75. The van der Waals surface area contributed by atoms with Crippen molar-refractivity contribution in [2.24, 2.45) is 5.14 Å². The number of nitrogens with zero attached hydrogens (tertiary/aromatic N) is 1. The first-order chi connectivity index (χ1) is 12.8. The summed E-state index contributed by atoms with van der Waals surface area (Å²) in [7, 11) is -2.17. The van der Waals surface area contributed by atoms with Gasteiger partial charge in [0.1, 0.15) is 10.1 Å². The lowest BCUT2D eigenvalue weighted by Gasteiger charge is -2.16. The van der Waals surface area contributed by atoms with Gasteiger partial charge in [-0.1, -0.05) is 54.3 Å².